The van der Waals surface area contributed by atoms with Crippen molar-refractivity contribution in [2.45, 2.75) is 6.42 Å². The van der Waals surface area contributed by atoms with Gasteiger partial charge in [0.1, 0.15) is 11.4 Å². The summed E-state index contributed by atoms with van der Waals surface area (Å²) in [6, 6.07) is 23.7. The Balaban J connectivity index is 1.25. The molecule has 0 atom stereocenters. The van der Waals surface area contributed by atoms with Crippen molar-refractivity contribution in [1.29, 1.82) is 0 Å². The first kappa shape index (κ1) is 22.7. The van der Waals surface area contributed by atoms with E-state index in [0.29, 0.717) is 23.5 Å². The molecule has 0 radical (unpaired) electrons. The molecule has 1 aliphatic rings. The maximum Gasteiger partial charge on any atom is 0.270 e. The molecule has 4 heterocycles. The van der Waals surface area contributed by atoms with Gasteiger partial charge in [-0.15, -0.1) is 0 Å². The van der Waals surface area contributed by atoms with Crippen LogP contribution in [0.3, 0.4) is 0 Å². The molecule has 37 heavy (non-hydrogen) atoms. The van der Waals surface area contributed by atoms with E-state index >= 15 is 0 Å². The number of rotatable bonds is 6. The minimum Gasteiger partial charge on any atom is -0.368 e. The summed E-state index contributed by atoms with van der Waals surface area (Å²) in [5.74, 6) is 0.868. The van der Waals surface area contributed by atoms with Crippen LogP contribution in [0, 0.1) is 0 Å². The molecule has 8 heteroatoms. The van der Waals surface area contributed by atoms with Gasteiger partial charge in [0, 0.05) is 62.4 Å². The SMILES string of the molecule is O=C(c1ccc(N2CCN(c3ccccc3)CC2)nc1)c1c(Cc2ccccc2)nc2[nH]ccn2c1=O. The molecule has 1 N–H and O–H groups in total. The van der Waals surface area contributed by atoms with Crippen molar-refractivity contribution in [2.24, 2.45) is 0 Å². The summed E-state index contributed by atoms with van der Waals surface area (Å²) in [4.78, 5) is 43.7. The monoisotopic (exact) mass is 490 g/mol. The average molecular weight is 491 g/mol. The number of imidazole rings is 1. The van der Waals surface area contributed by atoms with E-state index in [0.717, 1.165) is 37.6 Å². The van der Waals surface area contributed by atoms with Crippen molar-refractivity contribution in [3.05, 3.63) is 124 Å². The van der Waals surface area contributed by atoms with Crippen molar-refractivity contribution in [3.63, 3.8) is 0 Å². The first-order valence-corrected chi connectivity index (χ1v) is 12.4. The Morgan fingerprint density at radius 2 is 1.57 bits per heavy atom. The van der Waals surface area contributed by atoms with E-state index in [1.165, 1.54) is 10.1 Å². The van der Waals surface area contributed by atoms with Crippen LogP contribution in [0.1, 0.15) is 27.2 Å². The number of ketones is 1. The van der Waals surface area contributed by atoms with Crippen LogP contribution in [0.4, 0.5) is 11.5 Å². The minimum absolute atomic E-state index is 0.0759. The lowest BCUT2D eigenvalue weighted by molar-refractivity contribution is 0.103. The number of hydrogen-bond donors (Lipinski definition) is 1. The highest BCUT2D eigenvalue weighted by Gasteiger charge is 2.23. The van der Waals surface area contributed by atoms with Gasteiger partial charge in [0.2, 0.25) is 11.6 Å². The number of H-pyrrole nitrogens is 1. The van der Waals surface area contributed by atoms with Crippen molar-refractivity contribution < 1.29 is 4.79 Å². The Labute approximate surface area is 213 Å². The molecule has 0 spiro atoms. The molecule has 1 aliphatic heterocycles. The fourth-order valence-electron chi connectivity index (χ4n) is 4.83. The molecule has 0 unspecified atom stereocenters. The second kappa shape index (κ2) is 9.73. The molecule has 1 saturated heterocycles. The normalized spacial score (nSPS) is 13.7. The largest absolute Gasteiger partial charge is 0.368 e. The van der Waals surface area contributed by atoms with Gasteiger partial charge in [-0.2, -0.15) is 0 Å². The van der Waals surface area contributed by atoms with Crippen LogP contribution in [0.15, 0.2) is 96.2 Å². The number of aromatic amines is 1. The van der Waals surface area contributed by atoms with Crippen LogP contribution in [0.2, 0.25) is 0 Å². The van der Waals surface area contributed by atoms with E-state index < -0.39 is 0 Å². The van der Waals surface area contributed by atoms with Crippen LogP contribution >= 0.6 is 0 Å². The van der Waals surface area contributed by atoms with Crippen molar-refractivity contribution in [2.75, 3.05) is 36.0 Å². The molecular weight excluding hydrogens is 464 g/mol. The second-order valence-electron chi connectivity index (χ2n) is 9.10. The number of carbonyl (C=O) groups excluding carboxylic acids is 1. The molecule has 0 bridgehead atoms. The smallest absolute Gasteiger partial charge is 0.270 e. The summed E-state index contributed by atoms with van der Waals surface area (Å²) in [7, 11) is 0. The maximum atomic E-state index is 13.6. The Hall–Kier alpha value is -4.72. The Morgan fingerprint density at radius 1 is 0.865 bits per heavy atom. The lowest BCUT2D eigenvalue weighted by Gasteiger charge is -2.36. The van der Waals surface area contributed by atoms with Gasteiger partial charge in [-0.05, 0) is 29.8 Å². The zero-order valence-electron chi connectivity index (χ0n) is 20.2. The molecule has 0 saturated carbocycles. The first-order chi connectivity index (χ1) is 18.2. The number of hydrogen-bond acceptors (Lipinski definition) is 6. The molecule has 5 aromatic rings. The fraction of sp³-hybridized carbons (Fsp3) is 0.172. The third-order valence-electron chi connectivity index (χ3n) is 6.80. The molecule has 8 nitrogen and oxygen atoms in total. The van der Waals surface area contributed by atoms with Gasteiger partial charge in [-0.3, -0.25) is 14.0 Å². The molecule has 184 valence electrons. The van der Waals surface area contributed by atoms with Gasteiger partial charge in [0.05, 0.1) is 5.69 Å². The van der Waals surface area contributed by atoms with Gasteiger partial charge in [0.15, 0.2) is 0 Å². The highest BCUT2D eigenvalue weighted by Crippen LogP contribution is 2.20. The fourth-order valence-corrected chi connectivity index (χ4v) is 4.83. The topological polar surface area (TPSA) is 86.6 Å². The number of anilines is 2. The number of para-hydroxylation sites is 1. The summed E-state index contributed by atoms with van der Waals surface area (Å²) in [5, 5.41) is 0. The highest BCUT2D eigenvalue weighted by atomic mass is 16.1. The van der Waals surface area contributed by atoms with Gasteiger partial charge in [-0.1, -0.05) is 48.5 Å². The van der Waals surface area contributed by atoms with Gasteiger partial charge >= 0.3 is 0 Å². The number of nitrogens with zero attached hydrogens (tertiary/aromatic N) is 5. The minimum atomic E-state index is -0.386. The summed E-state index contributed by atoms with van der Waals surface area (Å²) in [6.07, 6.45) is 5.17. The second-order valence-corrected chi connectivity index (χ2v) is 9.10. The van der Waals surface area contributed by atoms with Crippen molar-refractivity contribution >= 4 is 23.1 Å². The average Bonchev–Trinajstić information content (AvgIpc) is 3.43. The molecule has 1 fully saturated rings. The Morgan fingerprint density at radius 3 is 2.27 bits per heavy atom. The Kier molecular flexibility index (Phi) is 5.98. The van der Waals surface area contributed by atoms with Crippen LogP contribution < -0.4 is 15.4 Å². The van der Waals surface area contributed by atoms with E-state index in [4.69, 9.17) is 0 Å². The number of pyridine rings is 1. The molecule has 2 aromatic carbocycles. The lowest BCUT2D eigenvalue weighted by Crippen LogP contribution is -2.46. The number of aromatic nitrogens is 4. The predicted octanol–water partition coefficient (Wildman–Crippen LogP) is 3.57. The number of piperazine rings is 1. The van der Waals surface area contributed by atoms with E-state index in [1.54, 1.807) is 24.7 Å². The third-order valence-corrected chi connectivity index (χ3v) is 6.80. The summed E-state index contributed by atoms with van der Waals surface area (Å²) < 4.78 is 1.37. The van der Waals surface area contributed by atoms with Crippen molar-refractivity contribution in [3.8, 4) is 0 Å². The van der Waals surface area contributed by atoms with Crippen LogP contribution in [0.5, 0.6) is 0 Å². The standard InChI is InChI=1S/C29H26N6O2/c36-27(26-24(19-21-7-3-1-4-8-21)32-29-30-13-14-35(29)28(26)37)22-11-12-25(31-20-22)34-17-15-33(16-18-34)23-9-5-2-6-10-23/h1-14,20H,15-19H2,(H,30,32). The van der Waals surface area contributed by atoms with Gasteiger partial charge < -0.3 is 14.8 Å². The van der Waals surface area contributed by atoms with Crippen LogP contribution in [-0.2, 0) is 6.42 Å². The van der Waals surface area contributed by atoms with E-state index in [1.807, 2.05) is 42.5 Å². The number of fused-ring (bicyclic) bond motifs is 1. The third kappa shape index (κ3) is 4.49. The summed E-state index contributed by atoms with van der Waals surface area (Å²) in [6.45, 7) is 3.47. The van der Waals surface area contributed by atoms with E-state index in [9.17, 15) is 9.59 Å². The van der Waals surface area contributed by atoms with Crippen molar-refractivity contribution in [1.82, 2.24) is 19.4 Å². The first-order valence-electron chi connectivity index (χ1n) is 12.4. The molecule has 6 rings (SSSR count). The number of nitrogens with one attached hydrogen (secondary N) is 1. The zero-order chi connectivity index (χ0) is 25.2. The van der Waals surface area contributed by atoms with Crippen LogP contribution in [-0.4, -0.2) is 51.3 Å². The maximum absolute atomic E-state index is 13.6. The summed E-state index contributed by atoms with van der Waals surface area (Å²) >= 11 is 0. The number of benzene rings is 2. The van der Waals surface area contributed by atoms with E-state index in [-0.39, 0.29) is 16.9 Å². The Bertz CT molecular complexity index is 1590. The van der Waals surface area contributed by atoms with Gasteiger partial charge in [-0.25, -0.2) is 9.97 Å². The zero-order valence-corrected chi connectivity index (χ0v) is 20.2. The van der Waals surface area contributed by atoms with Crippen LogP contribution in [0.25, 0.3) is 5.78 Å². The quantitative estimate of drug-likeness (QED) is 0.366. The molecule has 0 amide bonds. The highest BCUT2D eigenvalue weighted by molar-refractivity contribution is 6.09. The molecular formula is C29H26N6O2. The predicted molar refractivity (Wildman–Crippen MR) is 144 cm³/mol. The summed E-state index contributed by atoms with van der Waals surface area (Å²) in [5.41, 5.74) is 2.71. The lowest BCUT2D eigenvalue weighted by atomic mass is 10.00. The van der Waals surface area contributed by atoms with E-state index in [2.05, 4.69) is 49.0 Å². The number of carbonyl (C=O) groups is 1. The van der Waals surface area contributed by atoms with Gasteiger partial charge in [0.25, 0.3) is 5.56 Å². The molecule has 0 aliphatic carbocycles. The molecule has 3 aromatic heterocycles.